The Balaban J connectivity index is 2.56. The average molecular weight is 203 g/mol. The van der Waals surface area contributed by atoms with Crippen LogP contribution in [0, 0.1) is 12.3 Å². The monoisotopic (exact) mass is 203 g/mol. The zero-order valence-electron chi connectivity index (χ0n) is 9.72. The van der Waals surface area contributed by atoms with Crippen molar-refractivity contribution in [2.45, 2.75) is 33.6 Å². The molecule has 0 aliphatic carbocycles. The molecule has 0 saturated carbocycles. The number of hydrogen-bond acceptors (Lipinski definition) is 1. The number of para-hydroxylation sites is 1. The van der Waals surface area contributed by atoms with E-state index in [0.717, 1.165) is 16.8 Å². The van der Waals surface area contributed by atoms with Gasteiger partial charge in [-0.15, -0.1) is 0 Å². The predicted octanol–water partition coefficient (Wildman–Crippen LogP) is 3.08. The number of carbonyl (C=O) groups is 1. The van der Waals surface area contributed by atoms with Crippen LogP contribution in [0.3, 0.4) is 0 Å². The molecule has 15 heavy (non-hydrogen) atoms. The number of nitrogens with one attached hydrogen (secondary N) is 1. The van der Waals surface area contributed by atoms with Crippen molar-refractivity contribution in [1.29, 1.82) is 0 Å². The van der Waals surface area contributed by atoms with E-state index in [1.165, 1.54) is 0 Å². The summed E-state index contributed by atoms with van der Waals surface area (Å²) >= 11 is 0. The number of benzene rings is 1. The number of anilines is 1. The van der Waals surface area contributed by atoms with Gasteiger partial charge in [0.25, 0.3) is 0 Å². The molecule has 1 aliphatic rings. The molecule has 0 spiro atoms. The van der Waals surface area contributed by atoms with Gasteiger partial charge >= 0.3 is 0 Å². The molecule has 0 radical (unpaired) electrons. The Hall–Kier alpha value is -1.31. The summed E-state index contributed by atoms with van der Waals surface area (Å²) < 4.78 is 0. The van der Waals surface area contributed by atoms with Crippen LogP contribution in [-0.2, 0) is 4.79 Å². The van der Waals surface area contributed by atoms with Crippen molar-refractivity contribution in [3.63, 3.8) is 0 Å². The van der Waals surface area contributed by atoms with Crippen molar-refractivity contribution in [3.05, 3.63) is 29.3 Å². The fourth-order valence-electron chi connectivity index (χ4n) is 2.30. The second-order valence-electron chi connectivity index (χ2n) is 5.33. The van der Waals surface area contributed by atoms with E-state index in [1.54, 1.807) is 0 Å². The summed E-state index contributed by atoms with van der Waals surface area (Å²) in [6, 6.07) is 6.10. The van der Waals surface area contributed by atoms with Crippen LogP contribution >= 0.6 is 0 Å². The lowest BCUT2D eigenvalue weighted by molar-refractivity contribution is -0.119. The highest BCUT2D eigenvalue weighted by Crippen LogP contribution is 2.44. The topological polar surface area (TPSA) is 29.1 Å². The lowest BCUT2D eigenvalue weighted by Gasteiger charge is -2.25. The molecule has 2 nitrogen and oxygen atoms in total. The smallest absolute Gasteiger partial charge is 0.232 e. The van der Waals surface area contributed by atoms with Gasteiger partial charge in [-0.3, -0.25) is 4.79 Å². The average Bonchev–Trinajstić information content (AvgIpc) is 2.41. The second kappa shape index (κ2) is 3.09. The number of hydrogen-bond donors (Lipinski definition) is 1. The van der Waals surface area contributed by atoms with Crippen LogP contribution in [0.25, 0.3) is 0 Å². The molecule has 1 aromatic rings. The molecule has 2 rings (SSSR count). The Morgan fingerprint density at radius 3 is 2.53 bits per heavy atom. The van der Waals surface area contributed by atoms with Gasteiger partial charge in [0.1, 0.15) is 0 Å². The molecule has 1 N–H and O–H groups in total. The Morgan fingerprint density at radius 1 is 1.27 bits per heavy atom. The minimum absolute atomic E-state index is 0.0209. The second-order valence-corrected chi connectivity index (χ2v) is 5.33. The Bertz CT molecular complexity index is 415. The van der Waals surface area contributed by atoms with Gasteiger partial charge in [-0.1, -0.05) is 39.0 Å². The highest BCUT2D eigenvalue weighted by Gasteiger charge is 2.39. The standard InChI is InChI=1S/C13H17NO/c1-8-6-5-7-9-10(13(2,3)4)12(15)14-11(8)9/h5-7,10H,1-4H3,(H,14,15). The third-order valence-corrected chi connectivity index (χ3v) is 2.99. The molecule has 1 aliphatic heterocycles. The minimum atomic E-state index is -0.0247. The van der Waals surface area contributed by atoms with Crippen LogP contribution in [0.4, 0.5) is 5.69 Å². The van der Waals surface area contributed by atoms with Gasteiger partial charge in [-0.05, 0) is 23.5 Å². The van der Waals surface area contributed by atoms with E-state index in [2.05, 4.69) is 32.2 Å². The van der Waals surface area contributed by atoms with Crippen LogP contribution in [0.1, 0.15) is 37.8 Å². The largest absolute Gasteiger partial charge is 0.325 e. The Kier molecular flexibility index (Phi) is 2.10. The maximum absolute atomic E-state index is 11.9. The lowest BCUT2D eigenvalue weighted by Crippen LogP contribution is -2.25. The fraction of sp³-hybridized carbons (Fsp3) is 0.462. The van der Waals surface area contributed by atoms with Gasteiger partial charge < -0.3 is 5.32 Å². The van der Waals surface area contributed by atoms with Crippen molar-refractivity contribution >= 4 is 11.6 Å². The third-order valence-electron chi connectivity index (χ3n) is 2.99. The number of rotatable bonds is 0. The third kappa shape index (κ3) is 1.54. The van der Waals surface area contributed by atoms with Crippen LogP contribution in [-0.4, -0.2) is 5.91 Å². The number of amides is 1. The van der Waals surface area contributed by atoms with Crippen molar-refractivity contribution in [3.8, 4) is 0 Å². The number of carbonyl (C=O) groups excluding carboxylic acids is 1. The minimum Gasteiger partial charge on any atom is -0.325 e. The van der Waals surface area contributed by atoms with Crippen LogP contribution in [0.2, 0.25) is 0 Å². The van der Waals surface area contributed by atoms with Gasteiger partial charge in [-0.2, -0.15) is 0 Å². The van der Waals surface area contributed by atoms with Gasteiger partial charge in [0, 0.05) is 5.69 Å². The summed E-state index contributed by atoms with van der Waals surface area (Å²) in [6.07, 6.45) is 0. The predicted molar refractivity (Wildman–Crippen MR) is 62.0 cm³/mol. The first-order valence-corrected chi connectivity index (χ1v) is 5.31. The van der Waals surface area contributed by atoms with Crippen LogP contribution < -0.4 is 5.32 Å². The first-order chi connectivity index (χ1) is 6.91. The molecule has 0 aromatic heterocycles. The maximum Gasteiger partial charge on any atom is 0.232 e. The first kappa shape index (κ1) is 10.2. The quantitative estimate of drug-likeness (QED) is 0.689. The van der Waals surface area contributed by atoms with Crippen molar-refractivity contribution < 1.29 is 4.79 Å². The molecule has 0 fully saturated rings. The molecular formula is C13H17NO. The number of aryl methyl sites for hydroxylation is 1. The Morgan fingerprint density at radius 2 is 1.93 bits per heavy atom. The van der Waals surface area contributed by atoms with Crippen LogP contribution in [0.5, 0.6) is 0 Å². The summed E-state index contributed by atoms with van der Waals surface area (Å²) in [7, 11) is 0. The molecule has 1 unspecified atom stereocenters. The summed E-state index contributed by atoms with van der Waals surface area (Å²) in [5.41, 5.74) is 3.28. The van der Waals surface area contributed by atoms with E-state index >= 15 is 0 Å². The van der Waals surface area contributed by atoms with Crippen LogP contribution in [0.15, 0.2) is 18.2 Å². The van der Waals surface area contributed by atoms with E-state index in [-0.39, 0.29) is 17.2 Å². The molecule has 1 aromatic carbocycles. The molecule has 80 valence electrons. The summed E-state index contributed by atoms with van der Waals surface area (Å²) in [5.74, 6) is 0.110. The molecule has 1 heterocycles. The molecule has 0 saturated heterocycles. The summed E-state index contributed by atoms with van der Waals surface area (Å²) in [6.45, 7) is 8.35. The molecule has 2 heteroatoms. The van der Waals surface area contributed by atoms with Gasteiger partial charge in [0.05, 0.1) is 5.92 Å². The SMILES string of the molecule is Cc1cccc2c1NC(=O)C2C(C)(C)C. The molecule has 0 bridgehead atoms. The maximum atomic E-state index is 11.9. The molecular weight excluding hydrogens is 186 g/mol. The Labute approximate surface area is 90.7 Å². The summed E-state index contributed by atoms with van der Waals surface area (Å²) in [4.78, 5) is 11.9. The van der Waals surface area contributed by atoms with Gasteiger partial charge in [0.15, 0.2) is 0 Å². The van der Waals surface area contributed by atoms with E-state index in [4.69, 9.17) is 0 Å². The highest BCUT2D eigenvalue weighted by atomic mass is 16.2. The first-order valence-electron chi connectivity index (χ1n) is 5.31. The van der Waals surface area contributed by atoms with Crippen molar-refractivity contribution in [2.75, 3.05) is 5.32 Å². The zero-order chi connectivity index (χ0) is 11.2. The van der Waals surface area contributed by atoms with Crippen molar-refractivity contribution in [1.82, 2.24) is 0 Å². The van der Waals surface area contributed by atoms with Gasteiger partial charge in [0.2, 0.25) is 5.91 Å². The molecule has 1 atom stereocenters. The van der Waals surface area contributed by atoms with E-state index in [1.807, 2.05) is 19.1 Å². The number of fused-ring (bicyclic) bond motifs is 1. The van der Waals surface area contributed by atoms with Gasteiger partial charge in [-0.25, -0.2) is 0 Å². The van der Waals surface area contributed by atoms with Crippen molar-refractivity contribution in [2.24, 2.45) is 5.41 Å². The van der Waals surface area contributed by atoms with E-state index in [0.29, 0.717) is 0 Å². The molecule has 1 amide bonds. The summed E-state index contributed by atoms with van der Waals surface area (Å²) in [5, 5.41) is 2.98. The van der Waals surface area contributed by atoms with E-state index in [9.17, 15) is 4.79 Å². The fourth-order valence-corrected chi connectivity index (χ4v) is 2.30. The van der Waals surface area contributed by atoms with E-state index < -0.39 is 0 Å². The normalized spacial score (nSPS) is 20.0. The lowest BCUT2D eigenvalue weighted by atomic mass is 9.77. The zero-order valence-corrected chi connectivity index (χ0v) is 9.72. The highest BCUT2D eigenvalue weighted by molar-refractivity contribution is 6.04.